The molecular weight excluding hydrogens is 806 g/mol. The molecule has 8 nitrogen and oxygen atoms in total. The van der Waals surface area contributed by atoms with Crippen molar-refractivity contribution >= 4 is 13.8 Å². The van der Waals surface area contributed by atoms with E-state index < -0.39 is 13.9 Å². The molecule has 0 spiro atoms. The molecule has 0 fully saturated rings. The molecule has 0 aliphatic heterocycles. The van der Waals surface area contributed by atoms with Crippen LogP contribution in [0.4, 0.5) is 0 Å². The highest BCUT2D eigenvalue weighted by Crippen LogP contribution is 2.38. The fourth-order valence-electron chi connectivity index (χ4n) is 7.06. The molecule has 0 aromatic rings. The number of carbonyl (C=O) groups is 1. The van der Waals surface area contributed by atoms with Crippen LogP contribution in [-0.2, 0) is 27.9 Å². The first-order valence-corrected chi connectivity index (χ1v) is 27.5. The fraction of sp³-hybridized carbons (Fsp3) is 0.796. The zero-order valence-electron chi connectivity index (χ0n) is 41.8. The van der Waals surface area contributed by atoms with Crippen LogP contribution >= 0.6 is 7.82 Å². The average molecular weight is 906 g/mol. The van der Waals surface area contributed by atoms with Crippen LogP contribution in [0.1, 0.15) is 219 Å². The van der Waals surface area contributed by atoms with Gasteiger partial charge in [0.1, 0.15) is 19.3 Å². The molecular formula is C54H100NO7P. The van der Waals surface area contributed by atoms with Gasteiger partial charge >= 0.3 is 5.97 Å². The maximum Gasteiger partial charge on any atom is 0.306 e. The third-order valence-corrected chi connectivity index (χ3v) is 12.0. The molecule has 0 N–H and O–H groups in total. The fourth-order valence-corrected chi connectivity index (χ4v) is 7.79. The van der Waals surface area contributed by atoms with Gasteiger partial charge in [0, 0.05) is 13.0 Å². The Kier molecular flexibility index (Phi) is 45.4. The molecule has 0 rings (SSSR count). The minimum atomic E-state index is -4.54. The van der Waals surface area contributed by atoms with Crippen LogP contribution < -0.4 is 4.89 Å². The summed E-state index contributed by atoms with van der Waals surface area (Å²) >= 11 is 0. The number of allylic oxidation sites excluding steroid dienone is 10. The number of nitrogens with zero attached hydrogens (tertiary/aromatic N) is 1. The SMILES string of the molecule is CC/C=C\C/C=C\C/C=C\C/C=C\CCCCCCC(=O)OC(COCCCCCCCCCCCCCC/C=C\CCCCCCCCCC)COP(=O)([O-])OCC[N+](C)(C)C. The van der Waals surface area contributed by atoms with E-state index in [0.717, 1.165) is 70.6 Å². The summed E-state index contributed by atoms with van der Waals surface area (Å²) in [6.45, 7) is 5.28. The zero-order valence-corrected chi connectivity index (χ0v) is 42.7. The van der Waals surface area contributed by atoms with Crippen molar-refractivity contribution in [2.45, 2.75) is 225 Å². The normalized spacial score (nSPS) is 14.1. The Hall–Kier alpha value is -1.80. The Morgan fingerprint density at radius 3 is 1.40 bits per heavy atom. The van der Waals surface area contributed by atoms with E-state index in [-0.39, 0.29) is 32.2 Å². The highest BCUT2D eigenvalue weighted by Gasteiger charge is 2.20. The topological polar surface area (TPSA) is 94.1 Å². The van der Waals surface area contributed by atoms with E-state index in [2.05, 4.69) is 74.6 Å². The number of ether oxygens (including phenoxy) is 2. The van der Waals surface area contributed by atoms with Gasteiger partial charge in [-0.25, -0.2) is 0 Å². The van der Waals surface area contributed by atoms with Crippen molar-refractivity contribution in [3.63, 3.8) is 0 Å². The number of carbonyl (C=O) groups excluding carboxylic acids is 1. The highest BCUT2D eigenvalue weighted by molar-refractivity contribution is 7.45. The first-order valence-electron chi connectivity index (χ1n) is 26.0. The van der Waals surface area contributed by atoms with Gasteiger partial charge in [0.25, 0.3) is 7.82 Å². The quantitative estimate of drug-likeness (QED) is 0.0197. The Balaban J connectivity index is 4.13. The molecule has 0 radical (unpaired) electrons. The lowest BCUT2D eigenvalue weighted by atomic mass is 10.0. The lowest BCUT2D eigenvalue weighted by Gasteiger charge is -2.28. The van der Waals surface area contributed by atoms with Crippen LogP contribution in [0.5, 0.6) is 0 Å². The zero-order chi connectivity index (χ0) is 46.2. The Bertz CT molecular complexity index is 1190. The smallest absolute Gasteiger partial charge is 0.306 e. The van der Waals surface area contributed by atoms with Crippen molar-refractivity contribution < 1.29 is 37.3 Å². The molecule has 0 aliphatic carbocycles. The monoisotopic (exact) mass is 906 g/mol. The summed E-state index contributed by atoms with van der Waals surface area (Å²) in [6, 6.07) is 0. The van der Waals surface area contributed by atoms with Crippen molar-refractivity contribution in [2.24, 2.45) is 0 Å². The summed E-state index contributed by atoms with van der Waals surface area (Å²) in [5.74, 6) is -0.356. The molecule has 0 saturated heterocycles. The number of likely N-dealkylation sites (N-methyl/N-ethyl adjacent to an activating group) is 1. The van der Waals surface area contributed by atoms with E-state index in [1.54, 1.807) is 0 Å². The number of hydrogen-bond acceptors (Lipinski definition) is 7. The molecule has 0 bridgehead atoms. The molecule has 9 heteroatoms. The van der Waals surface area contributed by atoms with Crippen molar-refractivity contribution in [3.05, 3.63) is 60.8 Å². The summed E-state index contributed by atoms with van der Waals surface area (Å²) in [5, 5.41) is 0. The van der Waals surface area contributed by atoms with Gasteiger partial charge in [0.05, 0.1) is 34.4 Å². The second-order valence-corrected chi connectivity index (χ2v) is 19.9. The summed E-state index contributed by atoms with van der Waals surface area (Å²) in [6.07, 6.45) is 59.7. The molecule has 0 aliphatic rings. The molecule has 2 atom stereocenters. The van der Waals surface area contributed by atoms with Crippen molar-refractivity contribution in [1.82, 2.24) is 0 Å². The van der Waals surface area contributed by atoms with Crippen LogP contribution in [0, 0.1) is 0 Å². The molecule has 368 valence electrons. The van der Waals surface area contributed by atoms with E-state index in [4.69, 9.17) is 18.5 Å². The van der Waals surface area contributed by atoms with E-state index in [0.29, 0.717) is 17.6 Å². The van der Waals surface area contributed by atoms with Gasteiger partial charge in [-0.2, -0.15) is 0 Å². The lowest BCUT2D eigenvalue weighted by molar-refractivity contribution is -0.870. The predicted octanol–water partition coefficient (Wildman–Crippen LogP) is 15.4. The van der Waals surface area contributed by atoms with Crippen LogP contribution in [0.2, 0.25) is 0 Å². The van der Waals surface area contributed by atoms with Gasteiger partial charge in [0.15, 0.2) is 0 Å². The minimum Gasteiger partial charge on any atom is -0.756 e. The number of quaternary nitrogens is 1. The largest absolute Gasteiger partial charge is 0.756 e. The van der Waals surface area contributed by atoms with Crippen LogP contribution in [0.15, 0.2) is 60.8 Å². The molecule has 0 amide bonds. The number of hydrogen-bond donors (Lipinski definition) is 0. The van der Waals surface area contributed by atoms with Crippen molar-refractivity contribution in [1.29, 1.82) is 0 Å². The number of unbranched alkanes of at least 4 members (excludes halogenated alkanes) is 24. The number of phosphoric acid groups is 1. The van der Waals surface area contributed by atoms with E-state index in [1.807, 2.05) is 21.1 Å². The van der Waals surface area contributed by atoms with E-state index >= 15 is 0 Å². The van der Waals surface area contributed by atoms with Gasteiger partial charge < -0.3 is 27.9 Å². The summed E-state index contributed by atoms with van der Waals surface area (Å²) < 4.78 is 34.7. The molecule has 63 heavy (non-hydrogen) atoms. The molecule has 0 aromatic heterocycles. The second kappa shape index (κ2) is 46.7. The summed E-state index contributed by atoms with van der Waals surface area (Å²) in [4.78, 5) is 25.2. The van der Waals surface area contributed by atoms with Crippen LogP contribution in [-0.4, -0.2) is 70.7 Å². The Morgan fingerprint density at radius 2 is 0.921 bits per heavy atom. The maximum absolute atomic E-state index is 12.7. The summed E-state index contributed by atoms with van der Waals surface area (Å²) in [7, 11) is 1.34. The number of esters is 1. The van der Waals surface area contributed by atoms with Gasteiger partial charge in [-0.05, 0) is 77.0 Å². The number of rotatable bonds is 48. The molecule has 2 unspecified atom stereocenters. The summed E-state index contributed by atoms with van der Waals surface area (Å²) in [5.41, 5.74) is 0. The van der Waals surface area contributed by atoms with Crippen LogP contribution in [0.25, 0.3) is 0 Å². The van der Waals surface area contributed by atoms with E-state index in [1.165, 1.54) is 128 Å². The predicted molar refractivity (Wildman–Crippen MR) is 268 cm³/mol. The third kappa shape index (κ3) is 51.1. The third-order valence-electron chi connectivity index (χ3n) is 11.1. The molecule has 0 aromatic carbocycles. The minimum absolute atomic E-state index is 0.0191. The van der Waals surface area contributed by atoms with Gasteiger partial charge in [0.2, 0.25) is 0 Å². The van der Waals surface area contributed by atoms with Crippen LogP contribution in [0.3, 0.4) is 0 Å². The Labute approximate surface area is 390 Å². The van der Waals surface area contributed by atoms with Gasteiger partial charge in [-0.15, -0.1) is 0 Å². The van der Waals surface area contributed by atoms with Crippen molar-refractivity contribution in [3.8, 4) is 0 Å². The first kappa shape index (κ1) is 61.2. The standard InChI is InChI=1S/C54H100NO7P/c1-6-8-10-12-14-16-18-20-22-24-25-26-27-28-29-30-32-34-36-38-40-42-44-46-49-59-51-53(52-61-63(57,58)60-50-48-55(3,4)5)62-54(56)47-45-43-41-39-37-35-33-31-23-21-19-17-15-13-11-9-7-2/h9,11,15,17,21,23-25,33,35,53H,6-8,10,12-14,16,18-20,22,26-32,34,36-52H2,1-5H3/b11-9-,17-15-,23-21-,25-24-,35-33-. The van der Waals surface area contributed by atoms with Gasteiger partial charge in [-0.1, -0.05) is 197 Å². The maximum atomic E-state index is 12.7. The van der Waals surface area contributed by atoms with E-state index in [9.17, 15) is 14.3 Å². The molecule has 0 saturated carbocycles. The molecule has 0 heterocycles. The second-order valence-electron chi connectivity index (χ2n) is 18.5. The first-order chi connectivity index (χ1) is 30.6. The van der Waals surface area contributed by atoms with Gasteiger partial charge in [-0.3, -0.25) is 9.36 Å². The lowest BCUT2D eigenvalue weighted by Crippen LogP contribution is -2.37. The average Bonchev–Trinajstić information content (AvgIpc) is 3.24. The Morgan fingerprint density at radius 1 is 0.508 bits per heavy atom. The van der Waals surface area contributed by atoms with Crippen molar-refractivity contribution in [2.75, 3.05) is 54.1 Å². The number of phosphoric ester groups is 1. The highest BCUT2D eigenvalue weighted by atomic mass is 31.2.